The van der Waals surface area contributed by atoms with Crippen LogP contribution in [0.25, 0.3) is 0 Å². The Morgan fingerprint density at radius 1 is 1.35 bits per heavy atom. The molecule has 20 heavy (non-hydrogen) atoms. The Hall–Kier alpha value is -0.830. The van der Waals surface area contributed by atoms with E-state index in [-0.39, 0.29) is 0 Å². The molecule has 0 bridgehead atoms. The van der Waals surface area contributed by atoms with Crippen molar-refractivity contribution in [2.24, 2.45) is 24.8 Å². The zero-order valence-electron chi connectivity index (χ0n) is 13.8. The summed E-state index contributed by atoms with van der Waals surface area (Å²) in [5.41, 5.74) is 2.54. The zero-order valence-corrected chi connectivity index (χ0v) is 13.8. The highest BCUT2D eigenvalue weighted by atomic mass is 15.3. The average Bonchev–Trinajstić information content (AvgIpc) is 2.66. The minimum atomic E-state index is 0.592. The van der Waals surface area contributed by atoms with Gasteiger partial charge < -0.3 is 5.32 Å². The van der Waals surface area contributed by atoms with Crippen LogP contribution in [0.3, 0.4) is 0 Å². The molecule has 0 amide bonds. The van der Waals surface area contributed by atoms with Crippen molar-refractivity contribution in [3.8, 4) is 0 Å². The average molecular weight is 277 g/mol. The third-order valence-corrected chi connectivity index (χ3v) is 4.76. The van der Waals surface area contributed by atoms with Crippen molar-refractivity contribution in [3.63, 3.8) is 0 Å². The van der Waals surface area contributed by atoms with Crippen LogP contribution in [0.2, 0.25) is 0 Å². The normalized spacial score (nSPS) is 27.2. The number of nitrogens with zero attached hydrogens (tertiary/aromatic N) is 2. The molecule has 1 aromatic heterocycles. The highest BCUT2D eigenvalue weighted by Crippen LogP contribution is 2.35. The van der Waals surface area contributed by atoms with E-state index in [1.807, 2.05) is 0 Å². The second-order valence-corrected chi connectivity index (χ2v) is 7.11. The second kappa shape index (κ2) is 6.75. The number of aryl methyl sites for hydroxylation is 2. The molecule has 1 aliphatic carbocycles. The smallest absolute Gasteiger partial charge is 0.0596 e. The van der Waals surface area contributed by atoms with E-state index in [9.17, 15) is 0 Å². The molecule has 1 N–H and O–H groups in total. The van der Waals surface area contributed by atoms with Crippen molar-refractivity contribution >= 4 is 0 Å². The van der Waals surface area contributed by atoms with Gasteiger partial charge in [0, 0.05) is 18.8 Å². The van der Waals surface area contributed by atoms with Gasteiger partial charge in [-0.05, 0) is 56.6 Å². The predicted octanol–water partition coefficient (Wildman–Crippen LogP) is 3.32. The predicted molar refractivity (Wildman–Crippen MR) is 84.8 cm³/mol. The fraction of sp³-hybridized carbons (Fsp3) is 0.824. The van der Waals surface area contributed by atoms with Crippen LogP contribution >= 0.6 is 0 Å². The molecule has 0 radical (unpaired) electrons. The lowest BCUT2D eigenvalue weighted by Crippen LogP contribution is -2.36. The van der Waals surface area contributed by atoms with Gasteiger partial charge in [-0.3, -0.25) is 4.68 Å². The summed E-state index contributed by atoms with van der Waals surface area (Å²) in [7, 11) is 2.08. The number of aromatic nitrogens is 2. The molecule has 0 spiro atoms. The molecule has 1 aromatic rings. The van der Waals surface area contributed by atoms with Gasteiger partial charge in [-0.25, -0.2) is 0 Å². The number of hydrogen-bond acceptors (Lipinski definition) is 2. The standard InChI is InChI=1S/C17H31N3/c1-12(2)18-11-15-7-6-13(3)8-16(15)10-17-9-14(4)19-20(17)5/h9,12-13,15-16,18H,6-8,10-11H2,1-5H3. The van der Waals surface area contributed by atoms with Crippen LogP contribution in [0.4, 0.5) is 0 Å². The van der Waals surface area contributed by atoms with E-state index in [0.717, 1.165) is 23.4 Å². The fourth-order valence-corrected chi connectivity index (χ4v) is 3.59. The van der Waals surface area contributed by atoms with Crippen LogP contribution in [0.1, 0.15) is 51.4 Å². The molecule has 3 atom stereocenters. The van der Waals surface area contributed by atoms with Gasteiger partial charge in [0.25, 0.3) is 0 Å². The Bertz CT molecular complexity index is 422. The maximum Gasteiger partial charge on any atom is 0.0596 e. The summed E-state index contributed by atoms with van der Waals surface area (Å²) in [6.07, 6.45) is 5.33. The van der Waals surface area contributed by atoms with Gasteiger partial charge in [0.05, 0.1) is 5.69 Å². The molecule has 1 aliphatic rings. The monoisotopic (exact) mass is 277 g/mol. The van der Waals surface area contributed by atoms with Crippen LogP contribution in [0, 0.1) is 24.7 Å². The van der Waals surface area contributed by atoms with Crippen molar-refractivity contribution < 1.29 is 0 Å². The molecular weight excluding hydrogens is 246 g/mol. The molecule has 2 rings (SSSR count). The number of rotatable bonds is 5. The molecule has 0 saturated heterocycles. The summed E-state index contributed by atoms with van der Waals surface area (Å²) in [6.45, 7) is 10.2. The van der Waals surface area contributed by atoms with Gasteiger partial charge in [0.2, 0.25) is 0 Å². The minimum Gasteiger partial charge on any atom is -0.314 e. The largest absolute Gasteiger partial charge is 0.314 e. The first-order valence-electron chi connectivity index (χ1n) is 8.18. The second-order valence-electron chi connectivity index (χ2n) is 7.11. The highest BCUT2D eigenvalue weighted by molar-refractivity contribution is 5.10. The third-order valence-electron chi connectivity index (χ3n) is 4.76. The van der Waals surface area contributed by atoms with Gasteiger partial charge in [0.1, 0.15) is 0 Å². The van der Waals surface area contributed by atoms with Crippen LogP contribution in [0.5, 0.6) is 0 Å². The van der Waals surface area contributed by atoms with Crippen LogP contribution in [-0.2, 0) is 13.5 Å². The molecule has 0 aromatic carbocycles. The number of hydrogen-bond donors (Lipinski definition) is 1. The summed E-state index contributed by atoms with van der Waals surface area (Å²) in [6, 6.07) is 2.85. The molecule has 3 heteroatoms. The molecule has 1 saturated carbocycles. The van der Waals surface area contributed by atoms with Gasteiger partial charge >= 0.3 is 0 Å². The molecule has 114 valence electrons. The Kier molecular flexibility index (Phi) is 5.25. The van der Waals surface area contributed by atoms with Crippen molar-refractivity contribution in [1.82, 2.24) is 15.1 Å². The van der Waals surface area contributed by atoms with Gasteiger partial charge in [0.15, 0.2) is 0 Å². The molecule has 3 nitrogen and oxygen atoms in total. The first kappa shape index (κ1) is 15.6. The molecule has 0 aliphatic heterocycles. The van der Waals surface area contributed by atoms with E-state index >= 15 is 0 Å². The highest BCUT2D eigenvalue weighted by Gasteiger charge is 2.29. The molecular formula is C17H31N3. The summed E-state index contributed by atoms with van der Waals surface area (Å²) in [5.74, 6) is 2.51. The van der Waals surface area contributed by atoms with Crippen molar-refractivity contribution in [2.75, 3.05) is 6.54 Å². The van der Waals surface area contributed by atoms with E-state index in [0.29, 0.717) is 6.04 Å². The fourth-order valence-electron chi connectivity index (χ4n) is 3.59. The summed E-state index contributed by atoms with van der Waals surface area (Å²) in [4.78, 5) is 0. The Labute approximate surface area is 124 Å². The molecule has 3 unspecified atom stereocenters. The van der Waals surface area contributed by atoms with E-state index in [1.165, 1.54) is 37.9 Å². The maximum atomic E-state index is 4.50. The first-order chi connectivity index (χ1) is 9.45. The first-order valence-corrected chi connectivity index (χ1v) is 8.18. The van der Waals surface area contributed by atoms with E-state index in [2.05, 4.69) is 55.9 Å². The van der Waals surface area contributed by atoms with E-state index < -0.39 is 0 Å². The van der Waals surface area contributed by atoms with Gasteiger partial charge in [-0.1, -0.05) is 27.2 Å². The lowest BCUT2D eigenvalue weighted by Gasteiger charge is -2.35. The quantitative estimate of drug-likeness (QED) is 0.895. The minimum absolute atomic E-state index is 0.592. The summed E-state index contributed by atoms with van der Waals surface area (Å²) >= 11 is 0. The van der Waals surface area contributed by atoms with E-state index in [1.54, 1.807) is 0 Å². The Morgan fingerprint density at radius 3 is 2.70 bits per heavy atom. The SMILES string of the molecule is Cc1cc(CC2CC(C)CCC2CNC(C)C)n(C)n1. The maximum absolute atomic E-state index is 4.50. The van der Waals surface area contributed by atoms with Crippen molar-refractivity contribution in [3.05, 3.63) is 17.5 Å². The number of nitrogens with one attached hydrogen (secondary N) is 1. The van der Waals surface area contributed by atoms with Crippen LogP contribution in [0.15, 0.2) is 6.07 Å². The third kappa shape index (κ3) is 4.08. The van der Waals surface area contributed by atoms with Crippen LogP contribution < -0.4 is 5.32 Å². The van der Waals surface area contributed by atoms with Crippen molar-refractivity contribution in [1.29, 1.82) is 0 Å². The van der Waals surface area contributed by atoms with Crippen molar-refractivity contribution in [2.45, 2.75) is 59.4 Å². The van der Waals surface area contributed by atoms with Crippen LogP contribution in [-0.4, -0.2) is 22.4 Å². The summed E-state index contributed by atoms with van der Waals surface area (Å²) in [5, 5.41) is 8.14. The molecule has 1 heterocycles. The molecule has 1 fully saturated rings. The van der Waals surface area contributed by atoms with E-state index in [4.69, 9.17) is 0 Å². The Morgan fingerprint density at radius 2 is 2.10 bits per heavy atom. The Balaban J connectivity index is 2.02. The lowest BCUT2D eigenvalue weighted by atomic mass is 9.72. The van der Waals surface area contributed by atoms with Gasteiger partial charge in [-0.2, -0.15) is 5.10 Å². The van der Waals surface area contributed by atoms with Gasteiger partial charge in [-0.15, -0.1) is 0 Å². The zero-order chi connectivity index (χ0) is 14.7. The topological polar surface area (TPSA) is 29.9 Å². The lowest BCUT2D eigenvalue weighted by molar-refractivity contribution is 0.179. The summed E-state index contributed by atoms with van der Waals surface area (Å²) < 4.78 is 2.07.